The molecule has 106 valence electrons. The first-order valence-corrected chi connectivity index (χ1v) is 6.49. The number of anilines is 1. The van der Waals surface area contributed by atoms with Gasteiger partial charge in [-0.1, -0.05) is 23.2 Å². The Kier molecular flexibility index (Phi) is 4.62. The van der Waals surface area contributed by atoms with Gasteiger partial charge in [0.1, 0.15) is 5.75 Å². The van der Waals surface area contributed by atoms with Gasteiger partial charge in [-0.2, -0.15) is 4.98 Å². The Morgan fingerprint density at radius 1 is 1.10 bits per heavy atom. The van der Waals surface area contributed by atoms with Crippen LogP contribution in [0.1, 0.15) is 6.92 Å². The van der Waals surface area contributed by atoms with Crippen molar-refractivity contribution in [3.05, 3.63) is 45.9 Å². The summed E-state index contributed by atoms with van der Waals surface area (Å²) in [6.07, 6.45) is 0. The molecule has 0 aliphatic heterocycles. The van der Waals surface area contributed by atoms with E-state index in [2.05, 4.69) is 10.3 Å². The second kappa shape index (κ2) is 6.24. The predicted octanol–water partition coefficient (Wildman–Crippen LogP) is 4.89. The molecular weight excluding hydrogens is 309 g/mol. The fourth-order valence-corrected chi connectivity index (χ4v) is 2.02. The lowest BCUT2D eigenvalue weighted by Crippen LogP contribution is -2.04. The van der Waals surface area contributed by atoms with Crippen LogP contribution in [0.3, 0.4) is 0 Å². The van der Waals surface area contributed by atoms with Gasteiger partial charge in [0, 0.05) is 22.7 Å². The van der Waals surface area contributed by atoms with Crippen LogP contribution >= 0.6 is 23.2 Å². The molecule has 1 N–H and O–H groups in total. The van der Waals surface area contributed by atoms with Gasteiger partial charge < -0.3 is 10.1 Å². The Hall–Kier alpha value is -1.59. The van der Waals surface area contributed by atoms with Crippen LogP contribution in [-0.2, 0) is 0 Å². The normalized spacial score (nSPS) is 10.4. The number of hydrogen-bond donors (Lipinski definition) is 1. The highest BCUT2D eigenvalue weighted by atomic mass is 35.5. The zero-order valence-corrected chi connectivity index (χ0v) is 11.9. The third-order valence-electron chi connectivity index (χ3n) is 2.29. The maximum absolute atomic E-state index is 13.6. The van der Waals surface area contributed by atoms with Crippen molar-refractivity contribution in [3.63, 3.8) is 0 Å². The molecule has 2 rings (SSSR count). The Bertz CT molecular complexity index is 618. The fourth-order valence-electron chi connectivity index (χ4n) is 1.51. The molecule has 0 amide bonds. The summed E-state index contributed by atoms with van der Waals surface area (Å²) in [4.78, 5) is 3.75. The zero-order chi connectivity index (χ0) is 14.7. The molecule has 0 atom stereocenters. The highest BCUT2D eigenvalue weighted by molar-refractivity contribution is 6.34. The van der Waals surface area contributed by atoms with Crippen molar-refractivity contribution in [2.24, 2.45) is 0 Å². The molecular formula is C13H10Cl2F2N2O. The van der Waals surface area contributed by atoms with Gasteiger partial charge in [0.25, 0.3) is 5.88 Å². The predicted molar refractivity (Wildman–Crippen MR) is 74.9 cm³/mol. The summed E-state index contributed by atoms with van der Waals surface area (Å²) < 4.78 is 32.3. The fraction of sp³-hybridized carbons (Fsp3) is 0.154. The molecule has 0 saturated heterocycles. The average molecular weight is 319 g/mol. The molecule has 20 heavy (non-hydrogen) atoms. The van der Waals surface area contributed by atoms with Gasteiger partial charge in [-0.05, 0) is 25.1 Å². The lowest BCUT2D eigenvalue weighted by atomic mass is 10.3. The van der Waals surface area contributed by atoms with E-state index in [-0.39, 0.29) is 17.4 Å². The Morgan fingerprint density at radius 3 is 2.35 bits per heavy atom. The van der Waals surface area contributed by atoms with E-state index < -0.39 is 11.6 Å². The minimum absolute atomic E-state index is 0.0861. The number of pyridine rings is 1. The average Bonchev–Trinajstić information content (AvgIpc) is 2.34. The third kappa shape index (κ3) is 3.49. The molecule has 0 fully saturated rings. The first-order chi connectivity index (χ1) is 9.49. The van der Waals surface area contributed by atoms with Gasteiger partial charge in [-0.3, -0.25) is 0 Å². The van der Waals surface area contributed by atoms with Gasteiger partial charge >= 0.3 is 0 Å². The third-order valence-corrected chi connectivity index (χ3v) is 2.73. The van der Waals surface area contributed by atoms with Crippen molar-refractivity contribution < 1.29 is 13.5 Å². The Morgan fingerprint density at radius 2 is 1.75 bits per heavy atom. The number of aromatic nitrogens is 1. The molecule has 0 bridgehead atoms. The lowest BCUT2D eigenvalue weighted by molar-refractivity contribution is 0.418. The summed E-state index contributed by atoms with van der Waals surface area (Å²) in [5, 5.41) is 3.34. The molecule has 1 aromatic heterocycles. The first-order valence-electron chi connectivity index (χ1n) is 5.73. The molecule has 2 aromatic rings. The zero-order valence-electron chi connectivity index (χ0n) is 10.4. The maximum Gasteiger partial charge on any atom is 0.258 e. The van der Waals surface area contributed by atoms with E-state index in [4.69, 9.17) is 27.9 Å². The number of halogens is 4. The van der Waals surface area contributed by atoms with Crippen LogP contribution in [0.2, 0.25) is 10.0 Å². The van der Waals surface area contributed by atoms with Crippen LogP contribution in [0.15, 0.2) is 24.3 Å². The standard InChI is InChI=1S/C13H10Cl2F2N2O/c1-2-18-12-10(16)6-11(17)13(19-12)20-9-4-7(14)3-8(15)5-9/h3-6H,2H2,1H3,(H,18,19). The smallest absolute Gasteiger partial charge is 0.258 e. The summed E-state index contributed by atoms with van der Waals surface area (Å²) in [6, 6.07) is 5.11. The summed E-state index contributed by atoms with van der Waals surface area (Å²) in [6.45, 7) is 2.21. The van der Waals surface area contributed by atoms with Crippen LogP contribution in [0.5, 0.6) is 11.6 Å². The van der Waals surface area contributed by atoms with Crippen molar-refractivity contribution in [1.82, 2.24) is 4.98 Å². The minimum Gasteiger partial charge on any atom is -0.436 e. The molecule has 0 unspecified atom stereocenters. The van der Waals surface area contributed by atoms with E-state index in [1.165, 1.54) is 18.2 Å². The highest BCUT2D eigenvalue weighted by Gasteiger charge is 2.14. The Balaban J connectivity index is 2.34. The quantitative estimate of drug-likeness (QED) is 0.871. The van der Waals surface area contributed by atoms with E-state index >= 15 is 0 Å². The van der Waals surface area contributed by atoms with Gasteiger partial charge in [0.2, 0.25) is 0 Å². The van der Waals surface area contributed by atoms with Crippen LogP contribution in [0, 0.1) is 11.6 Å². The van der Waals surface area contributed by atoms with Crippen LogP contribution in [0.4, 0.5) is 14.6 Å². The van der Waals surface area contributed by atoms with Crippen molar-refractivity contribution in [3.8, 4) is 11.6 Å². The number of hydrogen-bond acceptors (Lipinski definition) is 3. The molecule has 0 saturated carbocycles. The van der Waals surface area contributed by atoms with Crippen molar-refractivity contribution in [2.75, 3.05) is 11.9 Å². The molecule has 1 aromatic carbocycles. The largest absolute Gasteiger partial charge is 0.436 e. The number of ether oxygens (including phenoxy) is 1. The topological polar surface area (TPSA) is 34.2 Å². The summed E-state index contributed by atoms with van der Waals surface area (Å²) in [7, 11) is 0. The SMILES string of the molecule is CCNc1nc(Oc2cc(Cl)cc(Cl)c2)c(F)cc1F. The van der Waals surface area contributed by atoms with Gasteiger partial charge in [-0.25, -0.2) is 8.78 Å². The van der Waals surface area contributed by atoms with E-state index in [0.717, 1.165) is 0 Å². The van der Waals surface area contributed by atoms with Gasteiger partial charge in [0.05, 0.1) is 0 Å². The highest BCUT2D eigenvalue weighted by Crippen LogP contribution is 2.30. The number of benzene rings is 1. The Labute approximate surface area is 124 Å². The van der Waals surface area contributed by atoms with E-state index in [0.29, 0.717) is 22.7 Å². The molecule has 7 heteroatoms. The van der Waals surface area contributed by atoms with Crippen LogP contribution < -0.4 is 10.1 Å². The molecule has 0 radical (unpaired) electrons. The maximum atomic E-state index is 13.6. The molecule has 1 heterocycles. The number of nitrogens with one attached hydrogen (secondary N) is 1. The second-order valence-electron chi connectivity index (χ2n) is 3.84. The van der Waals surface area contributed by atoms with Gasteiger partial charge in [0.15, 0.2) is 17.5 Å². The molecule has 3 nitrogen and oxygen atoms in total. The summed E-state index contributed by atoms with van der Waals surface area (Å²) >= 11 is 11.6. The van der Waals surface area contributed by atoms with Crippen LogP contribution in [-0.4, -0.2) is 11.5 Å². The minimum atomic E-state index is -0.916. The molecule has 0 aliphatic rings. The summed E-state index contributed by atoms with van der Waals surface area (Å²) in [5.41, 5.74) is 0. The first kappa shape index (κ1) is 14.8. The lowest BCUT2D eigenvalue weighted by Gasteiger charge is -2.10. The van der Waals surface area contributed by atoms with Crippen molar-refractivity contribution >= 4 is 29.0 Å². The number of nitrogens with zero attached hydrogens (tertiary/aromatic N) is 1. The van der Waals surface area contributed by atoms with E-state index in [1.54, 1.807) is 6.92 Å². The molecule has 0 aliphatic carbocycles. The molecule has 0 spiro atoms. The summed E-state index contributed by atoms with van der Waals surface area (Å²) in [5.74, 6) is -1.94. The van der Waals surface area contributed by atoms with Crippen LogP contribution in [0.25, 0.3) is 0 Å². The van der Waals surface area contributed by atoms with E-state index in [1.807, 2.05) is 0 Å². The number of rotatable bonds is 4. The monoisotopic (exact) mass is 318 g/mol. The van der Waals surface area contributed by atoms with Crippen molar-refractivity contribution in [1.29, 1.82) is 0 Å². The van der Waals surface area contributed by atoms with Gasteiger partial charge in [-0.15, -0.1) is 0 Å². The van der Waals surface area contributed by atoms with Crippen molar-refractivity contribution in [2.45, 2.75) is 6.92 Å². The van der Waals surface area contributed by atoms with E-state index in [9.17, 15) is 8.78 Å². The second-order valence-corrected chi connectivity index (χ2v) is 4.72.